The van der Waals surface area contributed by atoms with Gasteiger partial charge in [0.05, 0.1) is 0 Å². The zero-order chi connectivity index (χ0) is 14.0. The van der Waals surface area contributed by atoms with E-state index in [1.807, 2.05) is 0 Å². The van der Waals surface area contributed by atoms with Gasteiger partial charge < -0.3 is 16.0 Å². The Hall–Kier alpha value is -1.29. The molecule has 0 radical (unpaired) electrons. The molecule has 0 saturated heterocycles. The molecule has 0 fully saturated rings. The second-order valence-corrected chi connectivity index (χ2v) is 6.49. The number of rotatable bonds is 5. The van der Waals surface area contributed by atoms with Crippen molar-refractivity contribution in [3.8, 4) is 0 Å². The van der Waals surface area contributed by atoms with Gasteiger partial charge in [-0.1, -0.05) is 13.8 Å². The third-order valence-corrected chi connectivity index (χ3v) is 4.00. The fourth-order valence-corrected chi connectivity index (χ4v) is 3.09. The van der Waals surface area contributed by atoms with E-state index in [1.165, 1.54) is 11.3 Å². The van der Waals surface area contributed by atoms with Gasteiger partial charge in [0, 0.05) is 30.9 Å². The van der Waals surface area contributed by atoms with E-state index in [0.717, 1.165) is 32.2 Å². The Bertz CT molecular complexity index is 462. The first-order chi connectivity index (χ1) is 8.89. The summed E-state index contributed by atoms with van der Waals surface area (Å²) in [5.74, 6) is -0.210. The quantitative estimate of drug-likeness (QED) is 0.798. The summed E-state index contributed by atoms with van der Waals surface area (Å²) >= 11 is 0. The SMILES string of the molecule is CC1(C)Cc2c(ccn2CCCCC(N)=O)C(N)C1. The summed E-state index contributed by atoms with van der Waals surface area (Å²) in [5.41, 5.74) is 14.4. The largest absolute Gasteiger partial charge is 0.370 e. The molecule has 1 aromatic rings. The third-order valence-electron chi connectivity index (χ3n) is 4.00. The van der Waals surface area contributed by atoms with E-state index in [1.54, 1.807) is 0 Å². The van der Waals surface area contributed by atoms with E-state index >= 15 is 0 Å². The fraction of sp³-hybridized carbons (Fsp3) is 0.667. The van der Waals surface area contributed by atoms with E-state index in [4.69, 9.17) is 11.5 Å². The average Bonchev–Trinajstić information content (AvgIpc) is 2.66. The summed E-state index contributed by atoms with van der Waals surface area (Å²) in [6.07, 6.45) is 6.59. The summed E-state index contributed by atoms with van der Waals surface area (Å²) in [6.45, 7) is 5.51. The van der Waals surface area contributed by atoms with Crippen molar-refractivity contribution in [2.45, 2.75) is 58.5 Å². The predicted octanol–water partition coefficient (Wildman–Crippen LogP) is 2.12. The zero-order valence-electron chi connectivity index (χ0n) is 12.0. The van der Waals surface area contributed by atoms with Gasteiger partial charge in [-0.05, 0) is 42.7 Å². The van der Waals surface area contributed by atoms with Crippen LogP contribution in [-0.4, -0.2) is 10.5 Å². The van der Waals surface area contributed by atoms with Crippen molar-refractivity contribution in [1.82, 2.24) is 4.57 Å². The van der Waals surface area contributed by atoms with Crippen LogP contribution in [0.3, 0.4) is 0 Å². The number of nitrogens with two attached hydrogens (primary N) is 2. The predicted molar refractivity (Wildman–Crippen MR) is 76.5 cm³/mol. The summed E-state index contributed by atoms with van der Waals surface area (Å²) < 4.78 is 2.30. The maximum absolute atomic E-state index is 10.7. The Morgan fingerprint density at radius 3 is 2.89 bits per heavy atom. The molecule has 0 spiro atoms. The van der Waals surface area contributed by atoms with Gasteiger partial charge in [0.15, 0.2) is 0 Å². The molecular formula is C15H25N3O. The fourth-order valence-electron chi connectivity index (χ4n) is 3.09. The molecule has 1 atom stereocenters. The van der Waals surface area contributed by atoms with Crippen molar-refractivity contribution in [1.29, 1.82) is 0 Å². The number of primary amides is 1. The number of fused-ring (bicyclic) bond motifs is 1. The molecule has 0 aromatic carbocycles. The molecule has 1 aliphatic carbocycles. The summed E-state index contributed by atoms with van der Waals surface area (Å²) in [5, 5.41) is 0. The van der Waals surface area contributed by atoms with Gasteiger partial charge in [-0.25, -0.2) is 0 Å². The first-order valence-electron chi connectivity index (χ1n) is 7.11. The van der Waals surface area contributed by atoms with Gasteiger partial charge >= 0.3 is 0 Å². The molecule has 4 heteroatoms. The zero-order valence-corrected chi connectivity index (χ0v) is 12.0. The van der Waals surface area contributed by atoms with Crippen LogP contribution in [0.1, 0.15) is 56.8 Å². The Morgan fingerprint density at radius 2 is 2.21 bits per heavy atom. The highest BCUT2D eigenvalue weighted by molar-refractivity contribution is 5.73. The van der Waals surface area contributed by atoms with Crippen LogP contribution in [0, 0.1) is 5.41 Å². The lowest BCUT2D eigenvalue weighted by atomic mass is 9.74. The smallest absolute Gasteiger partial charge is 0.217 e. The Labute approximate surface area is 115 Å². The van der Waals surface area contributed by atoms with Gasteiger partial charge in [0.2, 0.25) is 5.91 Å². The first kappa shape index (κ1) is 14.1. The number of aromatic nitrogens is 1. The number of aryl methyl sites for hydroxylation is 1. The monoisotopic (exact) mass is 263 g/mol. The molecule has 0 aliphatic heterocycles. The Kier molecular flexibility index (Phi) is 3.99. The van der Waals surface area contributed by atoms with E-state index in [0.29, 0.717) is 6.42 Å². The first-order valence-corrected chi connectivity index (χ1v) is 7.11. The number of carbonyl (C=O) groups excluding carboxylic acids is 1. The van der Waals surface area contributed by atoms with Gasteiger partial charge in [-0.3, -0.25) is 4.79 Å². The van der Waals surface area contributed by atoms with E-state index in [-0.39, 0.29) is 17.4 Å². The molecule has 1 unspecified atom stereocenters. The maximum atomic E-state index is 10.7. The van der Waals surface area contributed by atoms with Crippen molar-refractivity contribution in [3.63, 3.8) is 0 Å². The van der Waals surface area contributed by atoms with Crippen molar-refractivity contribution < 1.29 is 4.79 Å². The molecule has 0 bridgehead atoms. The molecule has 2 rings (SSSR count). The maximum Gasteiger partial charge on any atom is 0.217 e. The lowest BCUT2D eigenvalue weighted by molar-refractivity contribution is -0.118. The molecule has 4 N–H and O–H groups in total. The highest BCUT2D eigenvalue weighted by Crippen LogP contribution is 2.40. The van der Waals surface area contributed by atoms with Crippen LogP contribution in [0.4, 0.5) is 0 Å². The van der Waals surface area contributed by atoms with Crippen LogP contribution in [0.2, 0.25) is 0 Å². The second kappa shape index (κ2) is 5.37. The highest BCUT2D eigenvalue weighted by atomic mass is 16.1. The van der Waals surface area contributed by atoms with Crippen molar-refractivity contribution in [3.05, 3.63) is 23.5 Å². The highest BCUT2D eigenvalue weighted by Gasteiger charge is 2.32. The van der Waals surface area contributed by atoms with Gasteiger partial charge in [-0.2, -0.15) is 0 Å². The van der Waals surface area contributed by atoms with E-state index < -0.39 is 0 Å². The third kappa shape index (κ3) is 3.38. The lowest BCUT2D eigenvalue weighted by Crippen LogP contribution is -2.30. The molecular weight excluding hydrogens is 238 g/mol. The Balaban J connectivity index is 2.02. The van der Waals surface area contributed by atoms with Crippen LogP contribution in [-0.2, 0) is 17.8 Å². The standard InChI is InChI=1S/C15H25N3O/c1-15(2)9-12(16)11-6-8-18(13(11)10-15)7-4-3-5-14(17)19/h6,8,12H,3-5,7,9-10,16H2,1-2H3,(H2,17,19). The van der Waals surface area contributed by atoms with Crippen LogP contribution in [0.25, 0.3) is 0 Å². The molecule has 1 aliphatic rings. The van der Waals surface area contributed by atoms with Crippen LogP contribution >= 0.6 is 0 Å². The number of hydrogen-bond acceptors (Lipinski definition) is 2. The molecule has 106 valence electrons. The minimum absolute atomic E-state index is 0.158. The van der Waals surface area contributed by atoms with Gasteiger partial charge in [-0.15, -0.1) is 0 Å². The van der Waals surface area contributed by atoms with Crippen molar-refractivity contribution in [2.75, 3.05) is 0 Å². The molecule has 1 amide bonds. The van der Waals surface area contributed by atoms with E-state index in [2.05, 4.69) is 30.7 Å². The molecule has 0 saturated carbocycles. The number of carbonyl (C=O) groups is 1. The molecule has 1 heterocycles. The van der Waals surface area contributed by atoms with Crippen molar-refractivity contribution >= 4 is 5.91 Å². The van der Waals surface area contributed by atoms with Crippen molar-refractivity contribution in [2.24, 2.45) is 16.9 Å². The number of amides is 1. The average molecular weight is 263 g/mol. The normalized spacial score (nSPS) is 21.1. The minimum atomic E-state index is -0.210. The van der Waals surface area contributed by atoms with Crippen LogP contribution in [0.5, 0.6) is 0 Å². The van der Waals surface area contributed by atoms with Gasteiger partial charge in [0.25, 0.3) is 0 Å². The second-order valence-electron chi connectivity index (χ2n) is 6.49. The van der Waals surface area contributed by atoms with Gasteiger partial charge in [0.1, 0.15) is 0 Å². The number of nitrogens with zero attached hydrogens (tertiary/aromatic N) is 1. The molecule has 4 nitrogen and oxygen atoms in total. The van der Waals surface area contributed by atoms with Crippen LogP contribution < -0.4 is 11.5 Å². The summed E-state index contributed by atoms with van der Waals surface area (Å²) in [4.78, 5) is 10.7. The molecule has 1 aromatic heterocycles. The number of unbranched alkanes of at least 4 members (excludes halogenated alkanes) is 1. The number of hydrogen-bond donors (Lipinski definition) is 2. The summed E-state index contributed by atoms with van der Waals surface area (Å²) in [6, 6.07) is 2.31. The van der Waals surface area contributed by atoms with E-state index in [9.17, 15) is 4.79 Å². The molecule has 19 heavy (non-hydrogen) atoms. The van der Waals surface area contributed by atoms with Crippen LogP contribution in [0.15, 0.2) is 12.3 Å². The Morgan fingerprint density at radius 1 is 1.47 bits per heavy atom. The topological polar surface area (TPSA) is 74.0 Å². The lowest BCUT2D eigenvalue weighted by Gasteiger charge is -2.34. The summed E-state index contributed by atoms with van der Waals surface area (Å²) in [7, 11) is 0. The minimum Gasteiger partial charge on any atom is -0.370 e.